The molecule has 3 heteroatoms. The average molecular weight is 199 g/mol. The van der Waals surface area contributed by atoms with Gasteiger partial charge in [0, 0.05) is 19.7 Å². The van der Waals surface area contributed by atoms with Crippen LogP contribution in [0.4, 0.5) is 0 Å². The molecular weight excluding hydrogens is 178 g/mol. The molecule has 0 spiro atoms. The Morgan fingerprint density at radius 3 is 3.07 bits per heavy atom. The van der Waals surface area contributed by atoms with Crippen molar-refractivity contribution in [3.8, 4) is 0 Å². The van der Waals surface area contributed by atoms with Crippen molar-refractivity contribution >= 4 is 0 Å². The molecule has 0 amide bonds. The first-order chi connectivity index (χ1) is 6.90. The maximum atomic E-state index is 5.83. The maximum Gasteiger partial charge on any atom is 0.0932 e. The molecule has 0 bridgehead atoms. The van der Waals surface area contributed by atoms with Crippen molar-refractivity contribution in [2.24, 2.45) is 5.92 Å². The van der Waals surface area contributed by atoms with Gasteiger partial charge in [-0.1, -0.05) is 12.8 Å². The predicted octanol–water partition coefficient (Wildman–Crippen LogP) is 1.18. The summed E-state index contributed by atoms with van der Waals surface area (Å²) in [7, 11) is 1.74. The minimum Gasteiger partial charge on any atom is -0.382 e. The van der Waals surface area contributed by atoms with E-state index in [2.05, 4.69) is 5.32 Å². The smallest absolute Gasteiger partial charge is 0.0932 e. The van der Waals surface area contributed by atoms with E-state index in [9.17, 15) is 0 Å². The van der Waals surface area contributed by atoms with E-state index in [0.717, 1.165) is 19.1 Å². The Hall–Kier alpha value is -0.120. The molecule has 2 fully saturated rings. The zero-order chi connectivity index (χ0) is 9.80. The van der Waals surface area contributed by atoms with E-state index in [4.69, 9.17) is 9.47 Å². The molecule has 2 rings (SSSR count). The van der Waals surface area contributed by atoms with Crippen molar-refractivity contribution < 1.29 is 9.47 Å². The lowest BCUT2D eigenvalue weighted by Gasteiger charge is -2.29. The molecule has 0 radical (unpaired) electrons. The number of hydrogen-bond acceptors (Lipinski definition) is 3. The Labute approximate surface area is 86.2 Å². The van der Waals surface area contributed by atoms with Crippen molar-refractivity contribution in [1.29, 1.82) is 0 Å². The molecule has 1 aliphatic carbocycles. The summed E-state index contributed by atoms with van der Waals surface area (Å²) in [6.45, 7) is 2.59. The van der Waals surface area contributed by atoms with Crippen molar-refractivity contribution in [1.82, 2.24) is 5.32 Å². The normalized spacial score (nSPS) is 38.8. The first-order valence-electron chi connectivity index (χ1n) is 5.74. The maximum absolute atomic E-state index is 5.83. The van der Waals surface area contributed by atoms with E-state index >= 15 is 0 Å². The Morgan fingerprint density at radius 1 is 1.36 bits per heavy atom. The molecule has 0 aromatic heterocycles. The number of ether oxygens (including phenoxy) is 2. The lowest BCUT2D eigenvalue weighted by Crippen LogP contribution is -2.40. The van der Waals surface area contributed by atoms with E-state index in [-0.39, 0.29) is 6.10 Å². The Balaban J connectivity index is 1.85. The van der Waals surface area contributed by atoms with Crippen LogP contribution in [0, 0.1) is 5.92 Å². The van der Waals surface area contributed by atoms with Crippen LogP contribution in [0.1, 0.15) is 25.7 Å². The molecule has 1 saturated heterocycles. The monoisotopic (exact) mass is 199 g/mol. The van der Waals surface area contributed by atoms with Gasteiger partial charge in [-0.05, 0) is 18.8 Å². The zero-order valence-corrected chi connectivity index (χ0v) is 9.00. The zero-order valence-electron chi connectivity index (χ0n) is 9.00. The minimum atomic E-state index is 0.255. The van der Waals surface area contributed by atoms with Crippen LogP contribution < -0.4 is 5.32 Å². The van der Waals surface area contributed by atoms with Gasteiger partial charge >= 0.3 is 0 Å². The van der Waals surface area contributed by atoms with Crippen LogP contribution in [0.2, 0.25) is 0 Å². The van der Waals surface area contributed by atoms with Crippen molar-refractivity contribution in [2.45, 2.75) is 37.8 Å². The SMILES string of the molecule is COCC1CNC2CCCCC2CO1. The third-order valence-corrected chi connectivity index (χ3v) is 3.42. The lowest BCUT2D eigenvalue weighted by molar-refractivity contribution is -0.00531. The summed E-state index contributed by atoms with van der Waals surface area (Å²) < 4.78 is 11.0. The molecule has 3 unspecified atom stereocenters. The summed E-state index contributed by atoms with van der Waals surface area (Å²) in [5.41, 5.74) is 0. The van der Waals surface area contributed by atoms with Crippen LogP contribution in [0.5, 0.6) is 0 Å². The molecule has 82 valence electrons. The quantitative estimate of drug-likeness (QED) is 0.724. The molecule has 2 aliphatic rings. The molecule has 0 aromatic rings. The minimum absolute atomic E-state index is 0.255. The molecule has 1 N–H and O–H groups in total. The summed E-state index contributed by atoms with van der Waals surface area (Å²) in [6, 6.07) is 0.700. The third-order valence-electron chi connectivity index (χ3n) is 3.42. The van der Waals surface area contributed by atoms with Gasteiger partial charge in [0.2, 0.25) is 0 Å². The second-order valence-corrected chi connectivity index (χ2v) is 4.47. The number of hydrogen-bond donors (Lipinski definition) is 1. The topological polar surface area (TPSA) is 30.5 Å². The largest absolute Gasteiger partial charge is 0.382 e. The van der Waals surface area contributed by atoms with Gasteiger partial charge in [-0.15, -0.1) is 0 Å². The first-order valence-corrected chi connectivity index (χ1v) is 5.74. The Morgan fingerprint density at radius 2 is 2.21 bits per heavy atom. The van der Waals surface area contributed by atoms with E-state index < -0.39 is 0 Å². The number of fused-ring (bicyclic) bond motifs is 1. The second-order valence-electron chi connectivity index (χ2n) is 4.47. The van der Waals surface area contributed by atoms with Gasteiger partial charge in [0.1, 0.15) is 0 Å². The predicted molar refractivity (Wildman–Crippen MR) is 55.4 cm³/mol. The molecule has 3 atom stereocenters. The lowest BCUT2D eigenvalue weighted by atomic mass is 9.85. The summed E-state index contributed by atoms with van der Waals surface area (Å²) in [4.78, 5) is 0. The van der Waals surface area contributed by atoms with Crippen LogP contribution in [0.25, 0.3) is 0 Å². The third kappa shape index (κ3) is 2.47. The van der Waals surface area contributed by atoms with Gasteiger partial charge in [-0.25, -0.2) is 0 Å². The average Bonchev–Trinajstić information content (AvgIpc) is 2.42. The van der Waals surface area contributed by atoms with Crippen LogP contribution in [-0.4, -0.2) is 39.0 Å². The van der Waals surface area contributed by atoms with E-state index in [0.29, 0.717) is 12.6 Å². The van der Waals surface area contributed by atoms with Crippen LogP contribution >= 0.6 is 0 Å². The van der Waals surface area contributed by atoms with E-state index in [1.807, 2.05) is 0 Å². The fourth-order valence-corrected chi connectivity index (χ4v) is 2.57. The summed E-state index contributed by atoms with van der Waals surface area (Å²) in [5, 5.41) is 3.61. The van der Waals surface area contributed by atoms with Crippen LogP contribution in [-0.2, 0) is 9.47 Å². The highest BCUT2D eigenvalue weighted by Crippen LogP contribution is 2.26. The second kappa shape index (κ2) is 5.10. The van der Waals surface area contributed by atoms with Gasteiger partial charge in [0.05, 0.1) is 19.3 Å². The number of nitrogens with one attached hydrogen (secondary N) is 1. The van der Waals surface area contributed by atoms with Crippen molar-refractivity contribution in [3.05, 3.63) is 0 Å². The van der Waals surface area contributed by atoms with Gasteiger partial charge in [0.15, 0.2) is 0 Å². The number of rotatable bonds is 2. The van der Waals surface area contributed by atoms with Gasteiger partial charge < -0.3 is 14.8 Å². The van der Waals surface area contributed by atoms with Crippen molar-refractivity contribution in [3.63, 3.8) is 0 Å². The Bertz CT molecular complexity index is 159. The van der Waals surface area contributed by atoms with Crippen LogP contribution in [0.3, 0.4) is 0 Å². The van der Waals surface area contributed by atoms with Crippen LogP contribution in [0.15, 0.2) is 0 Å². The van der Waals surface area contributed by atoms with E-state index in [1.165, 1.54) is 25.7 Å². The van der Waals surface area contributed by atoms with Gasteiger partial charge in [0.25, 0.3) is 0 Å². The summed E-state index contributed by atoms with van der Waals surface area (Å²) in [5.74, 6) is 0.741. The van der Waals surface area contributed by atoms with Gasteiger partial charge in [-0.3, -0.25) is 0 Å². The molecule has 0 aromatic carbocycles. The molecule has 14 heavy (non-hydrogen) atoms. The standard InChI is InChI=1S/C11H21NO2/c1-13-8-10-6-12-11-5-3-2-4-9(11)7-14-10/h9-12H,2-8H2,1H3. The fourth-order valence-electron chi connectivity index (χ4n) is 2.57. The first kappa shape index (κ1) is 10.4. The molecule has 3 nitrogen and oxygen atoms in total. The molecule has 1 saturated carbocycles. The van der Waals surface area contributed by atoms with Crippen molar-refractivity contribution in [2.75, 3.05) is 26.9 Å². The highest BCUT2D eigenvalue weighted by molar-refractivity contribution is 4.84. The highest BCUT2D eigenvalue weighted by atomic mass is 16.5. The fraction of sp³-hybridized carbons (Fsp3) is 1.00. The molecular formula is C11H21NO2. The molecule has 1 heterocycles. The van der Waals surface area contributed by atoms with E-state index in [1.54, 1.807) is 7.11 Å². The number of methoxy groups -OCH3 is 1. The summed E-state index contributed by atoms with van der Waals surface area (Å²) >= 11 is 0. The Kier molecular flexibility index (Phi) is 3.79. The highest BCUT2D eigenvalue weighted by Gasteiger charge is 2.29. The summed E-state index contributed by atoms with van der Waals surface area (Å²) in [6.07, 6.45) is 5.67. The van der Waals surface area contributed by atoms with Gasteiger partial charge in [-0.2, -0.15) is 0 Å². The molecule has 1 aliphatic heterocycles.